The number of rotatable bonds is 5. The Hall–Kier alpha value is -0.720. The molecule has 0 saturated heterocycles. The van der Waals surface area contributed by atoms with Gasteiger partial charge < -0.3 is 0 Å². The van der Waals surface area contributed by atoms with Gasteiger partial charge in [0, 0.05) is 0 Å². The summed E-state index contributed by atoms with van der Waals surface area (Å²) >= 11 is 0. The van der Waals surface area contributed by atoms with Crippen LogP contribution < -0.4 is 0 Å². The predicted octanol–water partition coefficient (Wildman–Crippen LogP) is 3.07. The monoisotopic (exact) mass is 139 g/mol. The Morgan fingerprint density at radius 2 is 1.60 bits per heavy atom. The van der Waals surface area contributed by atoms with Gasteiger partial charge in [0.15, 0.2) is 0 Å². The van der Waals surface area contributed by atoms with Gasteiger partial charge in [-0.05, 0) is 25.3 Å². The minimum Gasteiger partial charge on any atom is -0.299 e. The molecular formula is C9H15O. The molecule has 0 unspecified atom stereocenters. The van der Waals surface area contributed by atoms with E-state index in [1.807, 2.05) is 0 Å². The fraction of sp³-hybridized carbons (Fsp3) is 0.556. The Morgan fingerprint density at radius 3 is 2.20 bits per heavy atom. The third-order valence-corrected chi connectivity index (χ3v) is 1.22. The standard InChI is InChI=1S/C9H15O/c1-2-3-4-5-6-7-8-9-10/h4-5,8-9H,2-3,6-7H2,1H3/b5-4+,9-8+. The van der Waals surface area contributed by atoms with Crippen molar-refractivity contribution in [1.82, 2.24) is 0 Å². The maximum atomic E-state index is 9.81. The van der Waals surface area contributed by atoms with E-state index < -0.39 is 0 Å². The smallest absolute Gasteiger partial charge is 0.138 e. The Bertz CT molecular complexity index is 103. The second-order valence-electron chi connectivity index (χ2n) is 2.21. The van der Waals surface area contributed by atoms with Crippen LogP contribution in [0.3, 0.4) is 0 Å². The molecule has 1 radical (unpaired) electrons. The molecule has 0 saturated carbocycles. The summed E-state index contributed by atoms with van der Waals surface area (Å²) in [6, 6.07) is 0. The first-order valence-corrected chi connectivity index (χ1v) is 3.83. The molecule has 0 aliphatic carbocycles. The molecule has 0 atom stereocenters. The van der Waals surface area contributed by atoms with Crippen molar-refractivity contribution in [2.45, 2.75) is 32.6 Å². The number of allylic oxidation sites excluding steroid dienone is 3. The van der Waals surface area contributed by atoms with Crippen LogP contribution in [0.5, 0.6) is 0 Å². The highest BCUT2D eigenvalue weighted by atomic mass is 16.2. The second-order valence-corrected chi connectivity index (χ2v) is 2.21. The molecule has 10 heavy (non-hydrogen) atoms. The van der Waals surface area contributed by atoms with Crippen molar-refractivity contribution in [3.8, 4) is 0 Å². The average Bonchev–Trinajstić information content (AvgIpc) is 1.97. The first kappa shape index (κ1) is 9.28. The van der Waals surface area contributed by atoms with Gasteiger partial charge in [-0.1, -0.05) is 25.5 Å². The van der Waals surface area contributed by atoms with E-state index in [2.05, 4.69) is 19.1 Å². The second kappa shape index (κ2) is 8.28. The Labute approximate surface area is 63.1 Å². The summed E-state index contributed by atoms with van der Waals surface area (Å²) in [6.07, 6.45) is 11.0. The van der Waals surface area contributed by atoms with Crippen molar-refractivity contribution in [3.63, 3.8) is 0 Å². The van der Waals surface area contributed by atoms with E-state index in [-0.39, 0.29) is 0 Å². The molecule has 1 heteroatoms. The maximum Gasteiger partial charge on any atom is 0.138 e. The van der Waals surface area contributed by atoms with E-state index in [9.17, 15) is 5.11 Å². The SMILES string of the molecule is CCC/C=C/CC/C=C/[O]. The van der Waals surface area contributed by atoms with Gasteiger partial charge in [-0.15, -0.1) is 0 Å². The Morgan fingerprint density at radius 1 is 1.00 bits per heavy atom. The summed E-state index contributed by atoms with van der Waals surface area (Å²) in [5.41, 5.74) is 0. The lowest BCUT2D eigenvalue weighted by atomic mass is 10.2. The molecule has 0 aliphatic heterocycles. The van der Waals surface area contributed by atoms with Crippen LogP contribution in [0.2, 0.25) is 0 Å². The Kier molecular flexibility index (Phi) is 7.68. The van der Waals surface area contributed by atoms with Crippen LogP contribution in [0, 0.1) is 0 Å². The first-order valence-electron chi connectivity index (χ1n) is 3.83. The molecule has 0 aromatic carbocycles. The largest absolute Gasteiger partial charge is 0.299 e. The van der Waals surface area contributed by atoms with E-state index >= 15 is 0 Å². The molecule has 0 bridgehead atoms. The van der Waals surface area contributed by atoms with E-state index in [4.69, 9.17) is 0 Å². The van der Waals surface area contributed by atoms with Crippen LogP contribution in [0.4, 0.5) is 0 Å². The number of unbranched alkanes of at least 4 members (excludes halogenated alkanes) is 2. The van der Waals surface area contributed by atoms with Crippen LogP contribution in [-0.2, 0) is 5.11 Å². The molecule has 0 spiro atoms. The minimum absolute atomic E-state index is 0.855. The topological polar surface area (TPSA) is 19.9 Å². The van der Waals surface area contributed by atoms with E-state index in [0.717, 1.165) is 25.5 Å². The third kappa shape index (κ3) is 7.28. The zero-order valence-corrected chi connectivity index (χ0v) is 6.55. The van der Waals surface area contributed by atoms with Crippen molar-refractivity contribution < 1.29 is 5.11 Å². The Balaban J connectivity index is 3.02. The minimum atomic E-state index is 0.855. The number of hydrogen-bond acceptors (Lipinski definition) is 0. The van der Waals surface area contributed by atoms with Crippen molar-refractivity contribution in [2.24, 2.45) is 0 Å². The van der Waals surface area contributed by atoms with E-state index in [0.29, 0.717) is 0 Å². The van der Waals surface area contributed by atoms with Crippen LogP contribution >= 0.6 is 0 Å². The molecule has 0 heterocycles. The van der Waals surface area contributed by atoms with Crippen LogP contribution in [0.25, 0.3) is 0 Å². The fourth-order valence-electron chi connectivity index (χ4n) is 0.663. The summed E-state index contributed by atoms with van der Waals surface area (Å²) < 4.78 is 0. The van der Waals surface area contributed by atoms with Crippen LogP contribution in [-0.4, -0.2) is 0 Å². The zero-order valence-electron chi connectivity index (χ0n) is 6.55. The van der Waals surface area contributed by atoms with Crippen LogP contribution in [0.15, 0.2) is 24.5 Å². The number of hydrogen-bond donors (Lipinski definition) is 0. The normalized spacial score (nSPS) is 11.7. The van der Waals surface area contributed by atoms with Crippen LogP contribution in [0.1, 0.15) is 32.6 Å². The average molecular weight is 139 g/mol. The van der Waals surface area contributed by atoms with Gasteiger partial charge in [0.2, 0.25) is 0 Å². The van der Waals surface area contributed by atoms with Gasteiger partial charge in [0.05, 0.1) is 0 Å². The van der Waals surface area contributed by atoms with Crippen molar-refractivity contribution in [3.05, 3.63) is 24.5 Å². The lowest BCUT2D eigenvalue weighted by Gasteiger charge is -1.84. The van der Waals surface area contributed by atoms with Gasteiger partial charge in [-0.2, -0.15) is 0 Å². The van der Waals surface area contributed by atoms with Gasteiger partial charge in [-0.25, -0.2) is 0 Å². The molecule has 0 N–H and O–H groups in total. The summed E-state index contributed by atoms with van der Waals surface area (Å²) in [5, 5.41) is 9.81. The summed E-state index contributed by atoms with van der Waals surface area (Å²) in [7, 11) is 0. The third-order valence-electron chi connectivity index (χ3n) is 1.22. The van der Waals surface area contributed by atoms with E-state index in [1.54, 1.807) is 6.08 Å². The van der Waals surface area contributed by atoms with Gasteiger partial charge in [0.1, 0.15) is 6.26 Å². The van der Waals surface area contributed by atoms with Crippen molar-refractivity contribution in [1.29, 1.82) is 0 Å². The molecule has 57 valence electrons. The predicted molar refractivity (Wildman–Crippen MR) is 43.1 cm³/mol. The molecule has 0 aromatic heterocycles. The molecule has 1 nitrogen and oxygen atoms in total. The summed E-state index contributed by atoms with van der Waals surface area (Å²) in [5.74, 6) is 0. The van der Waals surface area contributed by atoms with E-state index in [1.165, 1.54) is 6.42 Å². The quantitative estimate of drug-likeness (QED) is 0.317. The first-order chi connectivity index (χ1) is 4.91. The van der Waals surface area contributed by atoms with Gasteiger partial charge >= 0.3 is 0 Å². The summed E-state index contributed by atoms with van der Waals surface area (Å²) in [4.78, 5) is 0. The highest BCUT2D eigenvalue weighted by molar-refractivity contribution is 4.84. The van der Waals surface area contributed by atoms with Crippen molar-refractivity contribution >= 4 is 0 Å². The zero-order chi connectivity index (χ0) is 7.66. The molecular weight excluding hydrogens is 124 g/mol. The lowest BCUT2D eigenvalue weighted by molar-refractivity contribution is 0.350. The molecule has 0 aliphatic rings. The maximum absolute atomic E-state index is 9.81. The molecule has 0 rings (SSSR count). The fourth-order valence-corrected chi connectivity index (χ4v) is 0.663. The van der Waals surface area contributed by atoms with Crippen molar-refractivity contribution in [2.75, 3.05) is 0 Å². The molecule has 0 amide bonds. The molecule has 0 aromatic rings. The summed E-state index contributed by atoms with van der Waals surface area (Å²) in [6.45, 7) is 2.15. The van der Waals surface area contributed by atoms with Gasteiger partial charge in [0.25, 0.3) is 0 Å². The highest BCUT2D eigenvalue weighted by Gasteiger charge is 1.75. The highest BCUT2D eigenvalue weighted by Crippen LogP contribution is 1.95. The lowest BCUT2D eigenvalue weighted by Crippen LogP contribution is -1.65. The van der Waals surface area contributed by atoms with Gasteiger partial charge in [-0.3, -0.25) is 5.11 Å². The molecule has 0 fully saturated rings.